The van der Waals surface area contributed by atoms with E-state index in [2.05, 4.69) is 4.74 Å². The average Bonchev–Trinajstić information content (AvgIpc) is 2.26. The lowest BCUT2D eigenvalue weighted by Crippen LogP contribution is -2.08. The number of hydrogen-bond donors (Lipinski definition) is 2. The molecule has 2 N–H and O–H groups in total. The van der Waals surface area contributed by atoms with Gasteiger partial charge in [0, 0.05) is 0 Å². The predicted octanol–water partition coefficient (Wildman–Crippen LogP) is 1.000. The van der Waals surface area contributed by atoms with E-state index in [1.165, 1.54) is 0 Å². The molecule has 0 heterocycles. The van der Waals surface area contributed by atoms with Crippen LogP contribution in [-0.4, -0.2) is 34.2 Å². The molecule has 8 heteroatoms. The Morgan fingerprint density at radius 1 is 1.24 bits per heavy atom. The van der Waals surface area contributed by atoms with Gasteiger partial charge in [-0.25, -0.2) is 9.59 Å². The molecule has 90 valence electrons. The molecule has 0 amide bonds. The Morgan fingerprint density at radius 3 is 2.12 bits per heavy atom. The van der Waals surface area contributed by atoms with Crippen molar-refractivity contribution in [2.45, 2.75) is 0 Å². The van der Waals surface area contributed by atoms with Gasteiger partial charge in [0.1, 0.15) is 16.9 Å². The molecule has 17 heavy (non-hydrogen) atoms. The van der Waals surface area contributed by atoms with Crippen molar-refractivity contribution in [2.24, 2.45) is 0 Å². The van der Waals surface area contributed by atoms with Crippen LogP contribution in [0.4, 0.5) is 5.69 Å². The first kappa shape index (κ1) is 12.4. The Balaban J connectivity index is 3.59. The van der Waals surface area contributed by atoms with Crippen LogP contribution in [0.3, 0.4) is 0 Å². The molecule has 0 saturated carbocycles. The van der Waals surface area contributed by atoms with Gasteiger partial charge in [-0.3, -0.25) is 10.1 Å². The van der Waals surface area contributed by atoms with E-state index in [1.807, 2.05) is 0 Å². The van der Waals surface area contributed by atoms with E-state index in [0.717, 1.165) is 13.2 Å². The molecule has 0 aliphatic rings. The van der Waals surface area contributed by atoms with Gasteiger partial charge < -0.3 is 14.9 Å². The van der Waals surface area contributed by atoms with E-state index in [0.29, 0.717) is 6.07 Å². The minimum absolute atomic E-state index is 0.269. The Kier molecular flexibility index (Phi) is 3.27. The first-order chi connectivity index (χ1) is 7.88. The third kappa shape index (κ3) is 2.30. The fourth-order valence-electron chi connectivity index (χ4n) is 1.23. The van der Waals surface area contributed by atoms with E-state index in [-0.39, 0.29) is 5.75 Å². The van der Waals surface area contributed by atoms with Crippen LogP contribution in [0.25, 0.3) is 0 Å². The summed E-state index contributed by atoms with van der Waals surface area (Å²) in [7, 11) is 1.13. The lowest BCUT2D eigenvalue weighted by Gasteiger charge is -2.06. The molecule has 1 aromatic carbocycles. The molecule has 0 fully saturated rings. The van der Waals surface area contributed by atoms with Crippen LogP contribution in [0.2, 0.25) is 0 Å². The minimum Gasteiger partial charge on any atom is -0.496 e. The normalized spacial score (nSPS) is 9.71. The van der Waals surface area contributed by atoms with Crippen LogP contribution in [0.15, 0.2) is 12.1 Å². The maximum absolute atomic E-state index is 10.8. The van der Waals surface area contributed by atoms with Gasteiger partial charge in [0.05, 0.1) is 18.1 Å². The van der Waals surface area contributed by atoms with Crippen molar-refractivity contribution in [3.8, 4) is 5.75 Å². The number of aromatic carboxylic acids is 2. The molecular formula is C9H7NO7. The van der Waals surface area contributed by atoms with Gasteiger partial charge in [0.15, 0.2) is 0 Å². The largest absolute Gasteiger partial charge is 0.496 e. The Morgan fingerprint density at radius 2 is 1.76 bits per heavy atom. The highest BCUT2D eigenvalue weighted by Crippen LogP contribution is 2.29. The molecule has 0 unspecified atom stereocenters. The molecule has 0 aliphatic heterocycles. The number of nitro benzene ring substituents is 1. The second-order valence-corrected chi connectivity index (χ2v) is 2.94. The standard InChI is InChI=1S/C9H7NO7/c1-17-7-3-6(10(15)16)4(8(11)12)2-5(7)9(13)14/h2-3H,1H3,(H,11,12)(H,13,14). The van der Waals surface area contributed by atoms with Gasteiger partial charge in [-0.05, 0) is 6.07 Å². The average molecular weight is 241 g/mol. The smallest absolute Gasteiger partial charge is 0.342 e. The monoisotopic (exact) mass is 241 g/mol. The number of carboxylic acid groups (broad SMARTS) is 2. The molecule has 0 saturated heterocycles. The molecule has 0 bridgehead atoms. The van der Waals surface area contributed by atoms with Crippen molar-refractivity contribution in [2.75, 3.05) is 7.11 Å². The molecule has 0 atom stereocenters. The second kappa shape index (κ2) is 4.47. The van der Waals surface area contributed by atoms with Crippen molar-refractivity contribution < 1.29 is 29.5 Å². The van der Waals surface area contributed by atoms with Crippen LogP contribution in [-0.2, 0) is 0 Å². The summed E-state index contributed by atoms with van der Waals surface area (Å²) in [4.78, 5) is 31.3. The first-order valence-electron chi connectivity index (χ1n) is 4.21. The van der Waals surface area contributed by atoms with E-state index in [1.54, 1.807) is 0 Å². The van der Waals surface area contributed by atoms with Gasteiger partial charge in [0.25, 0.3) is 5.69 Å². The number of ether oxygens (including phenoxy) is 1. The molecule has 1 rings (SSSR count). The zero-order valence-corrected chi connectivity index (χ0v) is 8.54. The molecule has 0 aromatic heterocycles. The number of carboxylic acids is 2. The quantitative estimate of drug-likeness (QED) is 0.594. The summed E-state index contributed by atoms with van der Waals surface area (Å²) in [6.07, 6.45) is 0. The highest BCUT2D eigenvalue weighted by molar-refractivity contribution is 5.98. The number of benzene rings is 1. The summed E-state index contributed by atoms with van der Waals surface area (Å²) >= 11 is 0. The van der Waals surface area contributed by atoms with Gasteiger partial charge in [-0.2, -0.15) is 0 Å². The highest BCUT2D eigenvalue weighted by Gasteiger charge is 2.25. The number of rotatable bonds is 4. The van der Waals surface area contributed by atoms with Crippen LogP contribution < -0.4 is 4.74 Å². The maximum Gasteiger partial charge on any atom is 0.342 e. The van der Waals surface area contributed by atoms with Crippen LogP contribution >= 0.6 is 0 Å². The zero-order chi connectivity index (χ0) is 13.2. The zero-order valence-electron chi connectivity index (χ0n) is 8.54. The molecule has 0 aliphatic carbocycles. The van der Waals surface area contributed by atoms with E-state index >= 15 is 0 Å². The fourth-order valence-corrected chi connectivity index (χ4v) is 1.23. The van der Waals surface area contributed by atoms with Gasteiger partial charge >= 0.3 is 11.9 Å². The summed E-state index contributed by atoms with van der Waals surface area (Å²) < 4.78 is 4.65. The third-order valence-corrected chi connectivity index (χ3v) is 1.98. The molecule has 1 aromatic rings. The van der Waals surface area contributed by atoms with E-state index in [9.17, 15) is 19.7 Å². The van der Waals surface area contributed by atoms with E-state index < -0.39 is 33.7 Å². The summed E-state index contributed by atoms with van der Waals surface area (Å²) in [5.41, 5.74) is -1.87. The van der Waals surface area contributed by atoms with Crippen LogP contribution in [0, 0.1) is 10.1 Å². The summed E-state index contributed by atoms with van der Waals surface area (Å²) in [6.45, 7) is 0. The number of hydrogen-bond acceptors (Lipinski definition) is 5. The minimum atomic E-state index is -1.58. The summed E-state index contributed by atoms with van der Waals surface area (Å²) in [5, 5.41) is 28.2. The number of nitro groups is 1. The first-order valence-corrected chi connectivity index (χ1v) is 4.21. The van der Waals surface area contributed by atoms with E-state index in [4.69, 9.17) is 10.2 Å². The SMILES string of the molecule is COc1cc([N+](=O)[O-])c(C(=O)O)cc1C(=O)O. The Bertz CT molecular complexity index is 508. The summed E-state index contributed by atoms with van der Waals surface area (Å²) in [6, 6.07) is 1.47. The highest BCUT2D eigenvalue weighted by atomic mass is 16.6. The Labute approximate surface area is 94.2 Å². The molecular weight excluding hydrogens is 234 g/mol. The van der Waals surface area contributed by atoms with Crippen LogP contribution in [0.1, 0.15) is 20.7 Å². The lowest BCUT2D eigenvalue weighted by molar-refractivity contribution is -0.385. The van der Waals surface area contributed by atoms with Crippen molar-refractivity contribution >= 4 is 17.6 Å². The van der Waals surface area contributed by atoms with Gasteiger partial charge in [-0.1, -0.05) is 0 Å². The van der Waals surface area contributed by atoms with Crippen molar-refractivity contribution in [1.82, 2.24) is 0 Å². The number of carbonyl (C=O) groups is 2. The topological polar surface area (TPSA) is 127 Å². The Hall–Kier alpha value is -2.64. The summed E-state index contributed by atoms with van der Waals surface area (Å²) in [5.74, 6) is -3.28. The number of methoxy groups -OCH3 is 1. The van der Waals surface area contributed by atoms with Crippen molar-refractivity contribution in [1.29, 1.82) is 0 Å². The second-order valence-electron chi connectivity index (χ2n) is 2.94. The van der Waals surface area contributed by atoms with Crippen molar-refractivity contribution in [3.63, 3.8) is 0 Å². The maximum atomic E-state index is 10.8. The van der Waals surface area contributed by atoms with Crippen molar-refractivity contribution in [3.05, 3.63) is 33.4 Å². The predicted molar refractivity (Wildman–Crippen MR) is 53.6 cm³/mol. The fraction of sp³-hybridized carbons (Fsp3) is 0.111. The van der Waals surface area contributed by atoms with Gasteiger partial charge in [-0.15, -0.1) is 0 Å². The van der Waals surface area contributed by atoms with Gasteiger partial charge in [0.2, 0.25) is 0 Å². The third-order valence-electron chi connectivity index (χ3n) is 1.98. The molecule has 0 radical (unpaired) electrons. The van der Waals surface area contributed by atoms with Crippen LogP contribution in [0.5, 0.6) is 5.75 Å². The molecule has 8 nitrogen and oxygen atoms in total. The molecule has 0 spiro atoms. The lowest BCUT2D eigenvalue weighted by atomic mass is 10.1. The number of nitrogens with zero attached hydrogens (tertiary/aromatic N) is 1.